The zero-order valence-electron chi connectivity index (χ0n) is 7.36. The van der Waals surface area contributed by atoms with Gasteiger partial charge in [-0.25, -0.2) is 0 Å². The van der Waals surface area contributed by atoms with Gasteiger partial charge in [0, 0.05) is 6.07 Å². The zero-order valence-corrected chi connectivity index (χ0v) is 8.11. The van der Waals surface area contributed by atoms with E-state index in [0.717, 1.165) is 6.07 Å². The number of methoxy groups -OCH3 is 1. The summed E-state index contributed by atoms with van der Waals surface area (Å²) in [7, 11) is 1.40. The van der Waals surface area contributed by atoms with Crippen LogP contribution in [0.3, 0.4) is 0 Å². The Kier molecular flexibility index (Phi) is 3.27. The van der Waals surface area contributed by atoms with Crippen LogP contribution < -0.4 is 4.74 Å². The van der Waals surface area contributed by atoms with Gasteiger partial charge in [0.1, 0.15) is 5.75 Å². The van der Waals surface area contributed by atoms with Crippen LogP contribution in [-0.2, 0) is 6.61 Å². The molecule has 6 heteroatoms. The SMILES string of the molecule is COc1cc(CO)c([N+](=O)[O-])cc1Cl. The fourth-order valence-corrected chi connectivity index (χ4v) is 1.27. The molecule has 0 spiro atoms. The fourth-order valence-electron chi connectivity index (χ4n) is 1.04. The van der Waals surface area contributed by atoms with Gasteiger partial charge in [-0.05, 0) is 6.07 Å². The fraction of sp³-hybridized carbons (Fsp3) is 0.250. The Morgan fingerprint density at radius 1 is 1.64 bits per heavy atom. The van der Waals surface area contributed by atoms with Crippen molar-refractivity contribution in [3.8, 4) is 5.75 Å². The summed E-state index contributed by atoms with van der Waals surface area (Å²) in [6.45, 7) is -0.427. The second-order valence-corrected chi connectivity index (χ2v) is 2.94. The first-order chi connectivity index (χ1) is 6.60. The van der Waals surface area contributed by atoms with Gasteiger partial charge in [0.25, 0.3) is 5.69 Å². The highest BCUT2D eigenvalue weighted by atomic mass is 35.5. The van der Waals surface area contributed by atoms with Gasteiger partial charge < -0.3 is 9.84 Å². The maximum Gasteiger partial charge on any atom is 0.276 e. The molecule has 0 aliphatic heterocycles. The maximum absolute atomic E-state index is 10.5. The van der Waals surface area contributed by atoms with Crippen LogP contribution >= 0.6 is 11.6 Å². The van der Waals surface area contributed by atoms with Crippen molar-refractivity contribution in [1.29, 1.82) is 0 Å². The number of nitrogens with zero attached hydrogens (tertiary/aromatic N) is 1. The van der Waals surface area contributed by atoms with Crippen molar-refractivity contribution in [2.24, 2.45) is 0 Å². The van der Waals surface area contributed by atoms with E-state index in [-0.39, 0.29) is 16.3 Å². The summed E-state index contributed by atoms with van der Waals surface area (Å²) >= 11 is 5.69. The summed E-state index contributed by atoms with van der Waals surface area (Å²) in [5.41, 5.74) is -0.0328. The normalized spacial score (nSPS) is 9.93. The highest BCUT2D eigenvalue weighted by Gasteiger charge is 2.16. The van der Waals surface area contributed by atoms with Crippen molar-refractivity contribution in [1.82, 2.24) is 0 Å². The molecule has 0 aliphatic carbocycles. The maximum atomic E-state index is 10.5. The number of ether oxygens (including phenoxy) is 1. The number of nitro benzene ring substituents is 1. The third-order valence-corrected chi connectivity index (χ3v) is 2.02. The van der Waals surface area contributed by atoms with Crippen molar-refractivity contribution < 1.29 is 14.8 Å². The van der Waals surface area contributed by atoms with Crippen molar-refractivity contribution in [2.75, 3.05) is 7.11 Å². The molecule has 0 fully saturated rings. The Labute approximate surface area is 85.0 Å². The van der Waals surface area contributed by atoms with Crippen LogP contribution in [0.5, 0.6) is 5.75 Å². The number of benzene rings is 1. The quantitative estimate of drug-likeness (QED) is 0.618. The van der Waals surface area contributed by atoms with E-state index in [1.54, 1.807) is 0 Å². The average Bonchev–Trinajstić information content (AvgIpc) is 2.17. The Hall–Kier alpha value is -1.33. The van der Waals surface area contributed by atoms with Gasteiger partial charge in [-0.2, -0.15) is 0 Å². The van der Waals surface area contributed by atoms with Crippen LogP contribution in [0.1, 0.15) is 5.56 Å². The van der Waals surface area contributed by atoms with E-state index in [1.165, 1.54) is 13.2 Å². The number of aliphatic hydroxyl groups excluding tert-OH is 1. The minimum absolute atomic E-state index is 0.149. The molecule has 1 rings (SSSR count). The van der Waals surface area contributed by atoms with Crippen LogP contribution in [0.15, 0.2) is 12.1 Å². The number of hydrogen-bond acceptors (Lipinski definition) is 4. The van der Waals surface area contributed by atoms with Gasteiger partial charge in [-0.15, -0.1) is 0 Å². The lowest BCUT2D eigenvalue weighted by Crippen LogP contribution is -1.97. The van der Waals surface area contributed by atoms with Crippen LogP contribution in [0.25, 0.3) is 0 Å². The molecular weight excluding hydrogens is 210 g/mol. The van der Waals surface area contributed by atoms with Crippen LogP contribution in [0.4, 0.5) is 5.69 Å². The van der Waals surface area contributed by atoms with Gasteiger partial charge in [0.05, 0.1) is 29.2 Å². The lowest BCUT2D eigenvalue weighted by atomic mass is 10.2. The number of halogens is 1. The Bertz CT molecular complexity index is 367. The van der Waals surface area contributed by atoms with Crippen molar-refractivity contribution in [3.63, 3.8) is 0 Å². The number of nitro groups is 1. The molecule has 0 heterocycles. The Balaban J connectivity index is 3.31. The summed E-state index contributed by atoms with van der Waals surface area (Å²) in [6.07, 6.45) is 0. The second-order valence-electron chi connectivity index (χ2n) is 2.53. The molecule has 0 bridgehead atoms. The lowest BCUT2D eigenvalue weighted by Gasteiger charge is -2.05. The van der Waals surface area contributed by atoms with Crippen LogP contribution in [0.2, 0.25) is 5.02 Å². The van der Waals surface area contributed by atoms with E-state index in [4.69, 9.17) is 21.4 Å². The molecule has 76 valence electrons. The molecule has 0 amide bonds. The van der Waals surface area contributed by atoms with Gasteiger partial charge in [0.2, 0.25) is 0 Å². The van der Waals surface area contributed by atoms with Gasteiger partial charge in [0.15, 0.2) is 0 Å². The molecule has 0 aromatic heterocycles. The number of aliphatic hydroxyl groups is 1. The summed E-state index contributed by atoms with van der Waals surface area (Å²) in [4.78, 5) is 9.93. The van der Waals surface area contributed by atoms with E-state index in [1.807, 2.05) is 0 Å². The molecule has 0 saturated carbocycles. The van der Waals surface area contributed by atoms with Gasteiger partial charge in [-0.3, -0.25) is 10.1 Å². The molecule has 0 unspecified atom stereocenters. The molecule has 1 aromatic carbocycles. The molecule has 0 saturated heterocycles. The standard InChI is InChI=1S/C8H8ClNO4/c1-14-8-2-5(4-11)7(10(12)13)3-6(8)9/h2-3,11H,4H2,1H3. The zero-order chi connectivity index (χ0) is 10.7. The molecule has 14 heavy (non-hydrogen) atoms. The molecule has 1 N–H and O–H groups in total. The van der Waals surface area contributed by atoms with Crippen molar-refractivity contribution >= 4 is 17.3 Å². The molecule has 0 atom stereocenters. The number of rotatable bonds is 3. The lowest BCUT2D eigenvalue weighted by molar-refractivity contribution is -0.385. The molecular formula is C8H8ClNO4. The van der Waals surface area contributed by atoms with Crippen molar-refractivity contribution in [2.45, 2.75) is 6.61 Å². The molecule has 1 aromatic rings. The summed E-state index contributed by atoms with van der Waals surface area (Å²) in [5, 5.41) is 19.6. The first-order valence-electron chi connectivity index (χ1n) is 3.71. The highest BCUT2D eigenvalue weighted by molar-refractivity contribution is 6.32. The largest absolute Gasteiger partial charge is 0.495 e. The minimum Gasteiger partial charge on any atom is -0.495 e. The smallest absolute Gasteiger partial charge is 0.276 e. The second kappa shape index (κ2) is 4.26. The first kappa shape index (κ1) is 10.7. The van der Waals surface area contributed by atoms with E-state index >= 15 is 0 Å². The van der Waals surface area contributed by atoms with E-state index < -0.39 is 11.5 Å². The summed E-state index contributed by atoms with van der Waals surface area (Å²) in [6, 6.07) is 2.51. The number of hydrogen-bond donors (Lipinski definition) is 1. The monoisotopic (exact) mass is 217 g/mol. The van der Waals surface area contributed by atoms with E-state index in [0.29, 0.717) is 5.75 Å². The minimum atomic E-state index is -0.600. The van der Waals surface area contributed by atoms with Gasteiger partial charge in [-0.1, -0.05) is 11.6 Å². The predicted molar refractivity (Wildman–Crippen MR) is 50.6 cm³/mol. The third-order valence-electron chi connectivity index (χ3n) is 1.72. The Morgan fingerprint density at radius 2 is 2.29 bits per heavy atom. The Morgan fingerprint density at radius 3 is 2.71 bits per heavy atom. The summed E-state index contributed by atoms with van der Waals surface area (Å²) < 4.78 is 4.86. The molecule has 5 nitrogen and oxygen atoms in total. The van der Waals surface area contributed by atoms with Crippen LogP contribution in [-0.4, -0.2) is 17.1 Å². The summed E-state index contributed by atoms with van der Waals surface area (Å²) in [5.74, 6) is 0.307. The van der Waals surface area contributed by atoms with Gasteiger partial charge >= 0.3 is 0 Å². The van der Waals surface area contributed by atoms with E-state index in [9.17, 15) is 10.1 Å². The van der Waals surface area contributed by atoms with E-state index in [2.05, 4.69) is 0 Å². The molecule has 0 aliphatic rings. The molecule has 0 radical (unpaired) electrons. The average molecular weight is 218 g/mol. The topological polar surface area (TPSA) is 72.6 Å². The first-order valence-corrected chi connectivity index (χ1v) is 4.09. The van der Waals surface area contributed by atoms with Crippen LogP contribution in [0, 0.1) is 10.1 Å². The van der Waals surface area contributed by atoms with Crippen molar-refractivity contribution in [3.05, 3.63) is 32.8 Å². The highest BCUT2D eigenvalue weighted by Crippen LogP contribution is 2.32. The predicted octanol–water partition coefficient (Wildman–Crippen LogP) is 1.75. The third kappa shape index (κ3) is 1.94.